The van der Waals surface area contributed by atoms with Crippen molar-refractivity contribution in [3.05, 3.63) is 47.2 Å². The van der Waals surface area contributed by atoms with Gasteiger partial charge in [-0.3, -0.25) is 10.1 Å². The van der Waals surface area contributed by atoms with Crippen molar-refractivity contribution in [1.29, 1.82) is 0 Å². The molecule has 3 heterocycles. The van der Waals surface area contributed by atoms with Gasteiger partial charge >= 0.3 is 0 Å². The van der Waals surface area contributed by atoms with Crippen LogP contribution >= 0.6 is 22.7 Å². The van der Waals surface area contributed by atoms with Gasteiger partial charge in [-0.1, -0.05) is 11.3 Å². The first-order valence-electron chi connectivity index (χ1n) is 7.99. The van der Waals surface area contributed by atoms with Crippen LogP contribution in [0.3, 0.4) is 0 Å². The van der Waals surface area contributed by atoms with E-state index in [1.165, 1.54) is 35.6 Å². The number of amides is 1. The van der Waals surface area contributed by atoms with Crippen molar-refractivity contribution in [2.24, 2.45) is 0 Å². The number of benzene rings is 1. The number of thiazole rings is 1. The van der Waals surface area contributed by atoms with Crippen LogP contribution in [0.4, 0.5) is 19.8 Å². The molecule has 1 aliphatic heterocycles. The van der Waals surface area contributed by atoms with Crippen molar-refractivity contribution in [3.63, 3.8) is 0 Å². The number of carbonyl (C=O) groups excluding carboxylic acids is 1. The fourth-order valence-corrected chi connectivity index (χ4v) is 4.11. The topological polar surface area (TPSA) is 74.2 Å². The molecule has 0 aliphatic carbocycles. The normalized spacial score (nSPS) is 14.5. The van der Waals surface area contributed by atoms with E-state index in [1.807, 2.05) is 11.6 Å². The highest BCUT2D eigenvalue weighted by atomic mass is 32.1. The predicted molar refractivity (Wildman–Crippen MR) is 101 cm³/mol. The van der Waals surface area contributed by atoms with Gasteiger partial charge in [0.15, 0.2) is 5.13 Å². The number of hydrogen-bond donors (Lipinski definition) is 1. The van der Waals surface area contributed by atoms with E-state index in [0.717, 1.165) is 36.4 Å². The maximum atomic E-state index is 12.9. The number of nitrogens with zero attached hydrogens (tertiary/aromatic N) is 5. The molecule has 0 atom stereocenters. The maximum Gasteiger partial charge on any atom is 0.257 e. The summed E-state index contributed by atoms with van der Waals surface area (Å²) < 4.78 is 12.9. The molecule has 0 radical (unpaired) electrons. The number of nitrogens with one attached hydrogen (secondary N) is 1. The fourth-order valence-electron chi connectivity index (χ4n) is 2.63. The summed E-state index contributed by atoms with van der Waals surface area (Å²) in [5.41, 5.74) is 0.375. The van der Waals surface area contributed by atoms with Crippen molar-refractivity contribution in [1.82, 2.24) is 15.2 Å². The Morgan fingerprint density at radius 3 is 2.38 bits per heavy atom. The van der Waals surface area contributed by atoms with Gasteiger partial charge in [-0.25, -0.2) is 9.37 Å². The second kappa shape index (κ2) is 7.34. The molecule has 134 valence electrons. The van der Waals surface area contributed by atoms with E-state index in [-0.39, 0.29) is 11.7 Å². The highest BCUT2D eigenvalue weighted by Gasteiger charge is 2.22. The molecule has 0 spiro atoms. The summed E-state index contributed by atoms with van der Waals surface area (Å²) in [5.74, 6) is -0.710. The molecule has 0 unspecified atom stereocenters. The van der Waals surface area contributed by atoms with E-state index in [2.05, 4.69) is 30.3 Å². The van der Waals surface area contributed by atoms with Crippen molar-refractivity contribution in [3.8, 4) is 0 Å². The molecule has 2 aromatic heterocycles. The van der Waals surface area contributed by atoms with Crippen LogP contribution in [0.1, 0.15) is 10.4 Å². The number of carbonyl (C=O) groups is 1. The monoisotopic (exact) mass is 390 g/mol. The SMILES string of the molecule is O=C(Nc1nnc(N2CCN(c3nccs3)CC2)s1)c1ccc(F)cc1. The standard InChI is InChI=1S/C16H15FN6OS2/c17-12-3-1-11(2-4-12)13(24)19-14-20-21-16(26-14)23-8-6-22(7-9-23)15-18-5-10-25-15/h1-5,10H,6-9H2,(H,19,20,24). The van der Waals surface area contributed by atoms with E-state index in [1.54, 1.807) is 11.3 Å². The van der Waals surface area contributed by atoms with Gasteiger partial charge in [0.05, 0.1) is 0 Å². The molecule has 1 aliphatic rings. The van der Waals surface area contributed by atoms with Gasteiger partial charge in [-0.15, -0.1) is 21.5 Å². The average Bonchev–Trinajstić information content (AvgIpc) is 3.34. The zero-order valence-electron chi connectivity index (χ0n) is 13.6. The van der Waals surface area contributed by atoms with Crippen molar-refractivity contribution in [2.45, 2.75) is 0 Å². The van der Waals surface area contributed by atoms with Gasteiger partial charge in [-0.05, 0) is 24.3 Å². The predicted octanol–water partition coefficient (Wildman–Crippen LogP) is 2.71. The third kappa shape index (κ3) is 3.65. The Morgan fingerprint density at radius 2 is 1.73 bits per heavy atom. The van der Waals surface area contributed by atoms with Crippen molar-refractivity contribution in [2.75, 3.05) is 41.3 Å². The Bertz CT molecular complexity index is 875. The zero-order valence-corrected chi connectivity index (χ0v) is 15.3. The van der Waals surface area contributed by atoms with Crippen LogP contribution in [0.5, 0.6) is 0 Å². The first-order chi connectivity index (χ1) is 12.7. The molecule has 3 aromatic rings. The van der Waals surface area contributed by atoms with Gasteiger partial charge in [0.1, 0.15) is 5.82 Å². The van der Waals surface area contributed by atoms with E-state index < -0.39 is 0 Å². The molecule has 1 N–H and O–H groups in total. The highest BCUT2D eigenvalue weighted by Crippen LogP contribution is 2.27. The van der Waals surface area contributed by atoms with Gasteiger partial charge in [0.2, 0.25) is 10.3 Å². The lowest BCUT2D eigenvalue weighted by Gasteiger charge is -2.34. The molecule has 1 aromatic carbocycles. The molecule has 1 fully saturated rings. The maximum absolute atomic E-state index is 12.9. The largest absolute Gasteiger partial charge is 0.345 e. The number of anilines is 3. The molecule has 4 rings (SSSR count). The lowest BCUT2D eigenvalue weighted by molar-refractivity contribution is 0.102. The van der Waals surface area contributed by atoms with Crippen LogP contribution in [0, 0.1) is 5.82 Å². The van der Waals surface area contributed by atoms with E-state index >= 15 is 0 Å². The number of piperazine rings is 1. The van der Waals surface area contributed by atoms with E-state index in [0.29, 0.717) is 10.7 Å². The average molecular weight is 390 g/mol. The summed E-state index contributed by atoms with van der Waals surface area (Å²) in [6, 6.07) is 5.37. The molecule has 0 saturated carbocycles. The fraction of sp³-hybridized carbons (Fsp3) is 0.250. The second-order valence-corrected chi connectivity index (χ2v) is 7.47. The van der Waals surface area contributed by atoms with Crippen LogP contribution in [0.15, 0.2) is 35.8 Å². The van der Waals surface area contributed by atoms with Gasteiger partial charge < -0.3 is 9.80 Å². The quantitative estimate of drug-likeness (QED) is 0.738. The number of hydrogen-bond acceptors (Lipinski definition) is 8. The summed E-state index contributed by atoms with van der Waals surface area (Å²) in [5, 5.41) is 15.1. The molecular weight excluding hydrogens is 375 g/mol. The van der Waals surface area contributed by atoms with Crippen molar-refractivity contribution >= 4 is 44.0 Å². The minimum Gasteiger partial charge on any atom is -0.345 e. The van der Waals surface area contributed by atoms with Gasteiger partial charge in [0, 0.05) is 43.3 Å². The Kier molecular flexibility index (Phi) is 4.76. The second-order valence-electron chi connectivity index (χ2n) is 5.64. The summed E-state index contributed by atoms with van der Waals surface area (Å²) in [4.78, 5) is 20.9. The number of rotatable bonds is 4. The molecule has 10 heteroatoms. The van der Waals surface area contributed by atoms with Crippen LogP contribution in [-0.4, -0.2) is 47.3 Å². The molecular formula is C16H15FN6OS2. The molecule has 0 bridgehead atoms. The highest BCUT2D eigenvalue weighted by molar-refractivity contribution is 7.19. The molecule has 26 heavy (non-hydrogen) atoms. The van der Waals surface area contributed by atoms with Crippen LogP contribution in [0.25, 0.3) is 0 Å². The first kappa shape index (κ1) is 16.9. The zero-order chi connectivity index (χ0) is 17.9. The molecule has 7 nitrogen and oxygen atoms in total. The van der Waals surface area contributed by atoms with Gasteiger partial charge in [0.25, 0.3) is 5.91 Å². The van der Waals surface area contributed by atoms with Crippen LogP contribution in [-0.2, 0) is 0 Å². The first-order valence-corrected chi connectivity index (χ1v) is 9.68. The summed E-state index contributed by atoms with van der Waals surface area (Å²) >= 11 is 2.97. The van der Waals surface area contributed by atoms with E-state index in [4.69, 9.17) is 0 Å². The smallest absolute Gasteiger partial charge is 0.257 e. The minimum atomic E-state index is -0.378. The Labute approximate surface area is 157 Å². The third-order valence-corrected chi connectivity index (χ3v) is 5.71. The van der Waals surface area contributed by atoms with Gasteiger partial charge in [-0.2, -0.15) is 0 Å². The van der Waals surface area contributed by atoms with Crippen LogP contribution in [0.2, 0.25) is 0 Å². The summed E-state index contributed by atoms with van der Waals surface area (Å²) in [6.07, 6.45) is 1.81. The lowest BCUT2D eigenvalue weighted by atomic mass is 10.2. The number of halogens is 1. The molecule has 1 amide bonds. The Morgan fingerprint density at radius 1 is 1.04 bits per heavy atom. The summed E-state index contributed by atoms with van der Waals surface area (Å²) in [6.45, 7) is 3.37. The lowest BCUT2D eigenvalue weighted by Crippen LogP contribution is -2.46. The minimum absolute atomic E-state index is 0.332. The summed E-state index contributed by atoms with van der Waals surface area (Å²) in [7, 11) is 0. The molecule has 1 saturated heterocycles. The number of aromatic nitrogens is 3. The Hall–Kier alpha value is -2.59. The Balaban J connectivity index is 1.36. The van der Waals surface area contributed by atoms with Crippen LogP contribution < -0.4 is 15.1 Å². The van der Waals surface area contributed by atoms with Crippen molar-refractivity contribution < 1.29 is 9.18 Å². The third-order valence-electron chi connectivity index (χ3n) is 3.98. The van der Waals surface area contributed by atoms with E-state index in [9.17, 15) is 9.18 Å².